The first-order valence-corrected chi connectivity index (χ1v) is 11.9. The summed E-state index contributed by atoms with van der Waals surface area (Å²) in [6, 6.07) is 16.1. The van der Waals surface area contributed by atoms with Crippen LogP contribution in [0.25, 0.3) is 15.8 Å². The van der Waals surface area contributed by atoms with E-state index in [0.717, 1.165) is 30.8 Å². The van der Waals surface area contributed by atoms with Crippen LogP contribution in [-0.4, -0.2) is 25.7 Å². The first kappa shape index (κ1) is 18.6. The topological polar surface area (TPSA) is 65.7 Å². The largest absolute Gasteiger partial charge is 0.871 e. The monoisotopic (exact) mass is 460 g/mol. The van der Waals surface area contributed by atoms with Gasteiger partial charge in [0.15, 0.2) is 5.78 Å². The molecule has 1 aromatic heterocycles. The number of carbonyl (C=O) groups excluding carboxylic acids is 1. The molecule has 0 saturated carbocycles. The number of thiazole rings is 1. The number of hydrogen-bond acceptors (Lipinski definition) is 7. The lowest BCUT2D eigenvalue weighted by Crippen LogP contribution is -2.44. The van der Waals surface area contributed by atoms with Gasteiger partial charge in [0, 0.05) is 27.7 Å². The molecule has 32 heavy (non-hydrogen) atoms. The van der Waals surface area contributed by atoms with E-state index in [2.05, 4.69) is 0 Å². The van der Waals surface area contributed by atoms with Crippen molar-refractivity contribution in [1.29, 1.82) is 0 Å². The van der Waals surface area contributed by atoms with Gasteiger partial charge < -0.3 is 19.5 Å². The van der Waals surface area contributed by atoms with Crippen LogP contribution in [0.4, 0.5) is 5.69 Å². The number of Topliss-reactive ketones (excluding diaryl/α,β-unsaturated/α-hetero) is 1. The average molecular weight is 461 g/mol. The van der Waals surface area contributed by atoms with Gasteiger partial charge in [0.25, 0.3) is 11.7 Å². The summed E-state index contributed by atoms with van der Waals surface area (Å²) in [7, 11) is 0. The SMILES string of the molecule is O=C1C(C2=C3Sc4ccccc4N3COC2)=C([O-])/C1=C1/COC[n+]2c1sc1ccccc12. The van der Waals surface area contributed by atoms with Gasteiger partial charge in [-0.15, -0.1) is 0 Å². The van der Waals surface area contributed by atoms with Crippen LogP contribution in [-0.2, 0) is 21.0 Å². The highest BCUT2D eigenvalue weighted by Crippen LogP contribution is 2.51. The Morgan fingerprint density at radius 3 is 2.69 bits per heavy atom. The number of fused-ring (bicyclic) bond motifs is 6. The number of nitrogens with zero attached hydrogens (tertiary/aromatic N) is 2. The molecule has 1 aliphatic carbocycles. The lowest BCUT2D eigenvalue weighted by molar-refractivity contribution is -0.712. The van der Waals surface area contributed by atoms with Crippen molar-refractivity contribution in [1.82, 2.24) is 0 Å². The first-order chi connectivity index (χ1) is 15.7. The molecule has 0 amide bonds. The number of ketones is 1. The van der Waals surface area contributed by atoms with Gasteiger partial charge >= 0.3 is 0 Å². The molecule has 0 radical (unpaired) electrons. The van der Waals surface area contributed by atoms with Crippen molar-refractivity contribution < 1.29 is 23.9 Å². The molecule has 4 heterocycles. The molecule has 0 fully saturated rings. The Labute approximate surface area is 191 Å². The summed E-state index contributed by atoms with van der Waals surface area (Å²) < 4.78 is 14.7. The molecule has 0 spiro atoms. The summed E-state index contributed by atoms with van der Waals surface area (Å²) >= 11 is 3.19. The van der Waals surface area contributed by atoms with Crippen molar-refractivity contribution in [3.05, 3.63) is 81.0 Å². The Balaban J connectivity index is 1.37. The molecule has 7 rings (SSSR count). The van der Waals surface area contributed by atoms with Crippen molar-refractivity contribution in [3.8, 4) is 0 Å². The second kappa shape index (κ2) is 6.79. The number of hydrogen-bond donors (Lipinski definition) is 0. The van der Waals surface area contributed by atoms with Crippen molar-refractivity contribution >= 4 is 50.4 Å². The third-order valence-electron chi connectivity index (χ3n) is 6.18. The second-order valence-electron chi connectivity index (χ2n) is 7.93. The highest BCUT2D eigenvalue weighted by atomic mass is 32.2. The van der Waals surface area contributed by atoms with Gasteiger partial charge in [-0.2, -0.15) is 4.57 Å². The van der Waals surface area contributed by atoms with E-state index in [1.54, 1.807) is 23.1 Å². The summed E-state index contributed by atoms with van der Waals surface area (Å²) in [5, 5.41) is 15.2. The summed E-state index contributed by atoms with van der Waals surface area (Å²) in [6.45, 7) is 1.37. The molecule has 3 aromatic rings. The highest BCUT2D eigenvalue weighted by molar-refractivity contribution is 8.03. The molecule has 8 heteroatoms. The zero-order chi connectivity index (χ0) is 21.4. The second-order valence-corrected chi connectivity index (χ2v) is 9.99. The molecule has 0 saturated heterocycles. The molecule has 2 aromatic carbocycles. The van der Waals surface area contributed by atoms with Gasteiger partial charge in [-0.25, -0.2) is 0 Å². The van der Waals surface area contributed by atoms with Crippen LogP contribution in [0.3, 0.4) is 0 Å². The number of thioether (sulfide) groups is 1. The molecule has 6 nitrogen and oxygen atoms in total. The lowest BCUT2D eigenvalue weighted by atomic mass is 9.80. The summed E-state index contributed by atoms with van der Waals surface area (Å²) in [6.07, 6.45) is 0. The van der Waals surface area contributed by atoms with Gasteiger partial charge in [0.1, 0.15) is 11.4 Å². The number of rotatable bonds is 1. The Kier molecular flexibility index (Phi) is 3.96. The number of para-hydroxylation sites is 2. The van der Waals surface area contributed by atoms with Crippen molar-refractivity contribution in [2.75, 3.05) is 24.8 Å². The third-order valence-corrected chi connectivity index (χ3v) is 8.63. The van der Waals surface area contributed by atoms with Gasteiger partial charge in [0.05, 0.1) is 29.5 Å². The molecule has 3 aliphatic heterocycles. The highest BCUT2D eigenvalue weighted by Gasteiger charge is 2.41. The maximum atomic E-state index is 13.4. The van der Waals surface area contributed by atoms with E-state index in [-0.39, 0.29) is 35.9 Å². The van der Waals surface area contributed by atoms with E-state index in [9.17, 15) is 9.90 Å². The molecule has 0 unspecified atom stereocenters. The number of allylic oxidation sites excluding steroid dienone is 1. The number of ether oxygens (including phenoxy) is 2. The molecular weight excluding hydrogens is 444 g/mol. The van der Waals surface area contributed by atoms with E-state index in [1.807, 2.05) is 58.0 Å². The van der Waals surface area contributed by atoms with Gasteiger partial charge in [-0.3, -0.25) is 4.79 Å². The summed E-state index contributed by atoms with van der Waals surface area (Å²) in [5.74, 6) is -0.409. The van der Waals surface area contributed by atoms with Crippen LogP contribution in [0.5, 0.6) is 0 Å². The maximum absolute atomic E-state index is 13.4. The van der Waals surface area contributed by atoms with Crippen LogP contribution in [0.15, 0.2) is 80.9 Å². The fourth-order valence-electron chi connectivity index (χ4n) is 4.68. The smallest absolute Gasteiger partial charge is 0.271 e. The molecule has 0 bridgehead atoms. The van der Waals surface area contributed by atoms with E-state index < -0.39 is 0 Å². The van der Waals surface area contributed by atoms with Gasteiger partial charge in [-0.05, 0) is 18.2 Å². The fourth-order valence-corrected chi connectivity index (χ4v) is 7.04. The van der Waals surface area contributed by atoms with E-state index in [0.29, 0.717) is 24.6 Å². The fraction of sp³-hybridized carbons (Fsp3) is 0.167. The quantitative estimate of drug-likeness (QED) is 0.411. The number of anilines is 1. The number of benzene rings is 2. The molecule has 4 aliphatic rings. The minimum Gasteiger partial charge on any atom is -0.871 e. The zero-order valence-electron chi connectivity index (χ0n) is 16.8. The summed E-state index contributed by atoms with van der Waals surface area (Å²) in [4.78, 5) is 16.5. The van der Waals surface area contributed by atoms with Crippen LogP contribution in [0.2, 0.25) is 0 Å². The Bertz CT molecular complexity index is 1450. The Morgan fingerprint density at radius 1 is 0.969 bits per heavy atom. The van der Waals surface area contributed by atoms with Crippen molar-refractivity contribution in [3.63, 3.8) is 0 Å². The van der Waals surface area contributed by atoms with Crippen LogP contribution < -0.4 is 14.6 Å². The minimum atomic E-state index is -0.205. The van der Waals surface area contributed by atoms with Gasteiger partial charge in [-0.1, -0.05) is 53.1 Å². The molecule has 0 atom stereocenters. The number of carbonyl (C=O) groups is 1. The zero-order valence-corrected chi connectivity index (χ0v) is 18.4. The van der Waals surface area contributed by atoms with E-state index in [4.69, 9.17) is 9.47 Å². The maximum Gasteiger partial charge on any atom is 0.271 e. The lowest BCUT2D eigenvalue weighted by Gasteiger charge is -2.37. The van der Waals surface area contributed by atoms with E-state index in [1.165, 1.54) is 0 Å². The Morgan fingerprint density at radius 2 is 1.78 bits per heavy atom. The molecule has 0 N–H and O–H groups in total. The Hall–Kier alpha value is -2.91. The van der Waals surface area contributed by atoms with Crippen LogP contribution in [0.1, 0.15) is 5.01 Å². The molecule has 158 valence electrons. The van der Waals surface area contributed by atoms with Crippen molar-refractivity contribution in [2.45, 2.75) is 11.6 Å². The standard InChI is InChI=1S/C24H16N2O4S2/c27-21-19(13-9-29-11-25-15-5-1-3-7-17(15)31-23(13)25)22(28)20(21)14-10-30-12-26-16-6-2-4-8-18(16)32-24(14)26/h1-8H,9-12H2. The molecular formula is C24H16N2O4S2. The predicted octanol–water partition coefficient (Wildman–Crippen LogP) is 2.94. The van der Waals surface area contributed by atoms with E-state index >= 15 is 0 Å². The minimum absolute atomic E-state index is 0.205. The summed E-state index contributed by atoms with van der Waals surface area (Å²) in [5.41, 5.74) is 4.00. The van der Waals surface area contributed by atoms with Crippen LogP contribution >= 0.6 is 23.1 Å². The average Bonchev–Trinajstić information content (AvgIpc) is 3.39. The van der Waals surface area contributed by atoms with Crippen molar-refractivity contribution in [2.24, 2.45) is 0 Å². The predicted molar refractivity (Wildman–Crippen MR) is 120 cm³/mol. The van der Waals surface area contributed by atoms with Crippen LogP contribution in [0, 0.1) is 0 Å². The van der Waals surface area contributed by atoms with Gasteiger partial charge in [0.2, 0.25) is 5.52 Å². The normalized spacial score (nSPS) is 22.2. The first-order valence-electron chi connectivity index (χ1n) is 10.3. The number of aromatic nitrogens is 1. The third kappa shape index (κ3) is 2.43.